The Morgan fingerprint density at radius 3 is 2.67 bits per heavy atom. The monoisotopic (exact) mass is 121 g/mol. The number of allylic oxidation sites excluding steroid dienone is 2. The van der Waals surface area contributed by atoms with E-state index in [1.165, 1.54) is 0 Å². The van der Waals surface area contributed by atoms with Crippen molar-refractivity contribution in [3.8, 4) is 0 Å². The summed E-state index contributed by atoms with van der Waals surface area (Å²) in [5.74, 6) is 0.288. The van der Waals surface area contributed by atoms with E-state index < -0.39 is 0 Å². The fourth-order valence-electron chi connectivity index (χ4n) is 1.16. The van der Waals surface area contributed by atoms with Gasteiger partial charge >= 0.3 is 0 Å². The van der Waals surface area contributed by atoms with Gasteiger partial charge in [-0.1, -0.05) is 24.3 Å². The molecule has 1 saturated heterocycles. The second-order valence-electron chi connectivity index (χ2n) is 2.33. The summed E-state index contributed by atoms with van der Waals surface area (Å²) in [5, 5.41) is 2.77. The molecule has 2 heteroatoms. The van der Waals surface area contributed by atoms with Crippen LogP contribution in [-0.4, -0.2) is 11.9 Å². The Labute approximate surface area is 53.2 Å². The number of carbonyl (C=O) groups excluding carboxylic acids is 1. The van der Waals surface area contributed by atoms with Crippen LogP contribution in [0.4, 0.5) is 0 Å². The zero-order chi connectivity index (χ0) is 6.27. The Hall–Kier alpha value is -1.05. The van der Waals surface area contributed by atoms with Gasteiger partial charge in [0.05, 0.1) is 12.0 Å². The van der Waals surface area contributed by atoms with Gasteiger partial charge in [-0.2, -0.15) is 0 Å². The van der Waals surface area contributed by atoms with E-state index in [1.807, 2.05) is 24.3 Å². The van der Waals surface area contributed by atoms with Crippen molar-refractivity contribution in [1.82, 2.24) is 5.32 Å². The van der Waals surface area contributed by atoms with E-state index in [1.54, 1.807) is 0 Å². The molecule has 2 rings (SSSR count). The van der Waals surface area contributed by atoms with Crippen LogP contribution in [0.25, 0.3) is 0 Å². The molecule has 0 bridgehead atoms. The second-order valence-corrected chi connectivity index (χ2v) is 2.33. The van der Waals surface area contributed by atoms with Gasteiger partial charge in [0.1, 0.15) is 0 Å². The van der Waals surface area contributed by atoms with Crippen molar-refractivity contribution in [3.05, 3.63) is 24.3 Å². The molecule has 2 atom stereocenters. The van der Waals surface area contributed by atoms with Gasteiger partial charge in [-0.3, -0.25) is 4.79 Å². The summed E-state index contributed by atoms with van der Waals surface area (Å²) in [6, 6.07) is 0.294. The topological polar surface area (TPSA) is 29.1 Å². The Morgan fingerprint density at radius 1 is 1.33 bits per heavy atom. The van der Waals surface area contributed by atoms with Crippen LogP contribution >= 0.6 is 0 Å². The predicted octanol–water partition coefficient (Wildman–Crippen LogP) is 0.227. The first-order valence-corrected chi connectivity index (χ1v) is 3.03. The normalized spacial score (nSPS) is 37.1. The number of nitrogens with one attached hydrogen (secondary N) is 1. The number of hydrogen-bond donors (Lipinski definition) is 1. The SMILES string of the molecule is O=C1N[C@H]2C=CC=C[C@H]12. The lowest BCUT2D eigenvalue weighted by Gasteiger charge is -2.33. The molecular formula is C7H7NO. The van der Waals surface area contributed by atoms with Crippen LogP contribution in [0.3, 0.4) is 0 Å². The van der Waals surface area contributed by atoms with Gasteiger partial charge in [-0.05, 0) is 0 Å². The Morgan fingerprint density at radius 2 is 2.11 bits per heavy atom. The van der Waals surface area contributed by atoms with Crippen molar-refractivity contribution in [2.24, 2.45) is 5.92 Å². The van der Waals surface area contributed by atoms with Crippen molar-refractivity contribution in [3.63, 3.8) is 0 Å². The van der Waals surface area contributed by atoms with Crippen LogP contribution in [0.1, 0.15) is 0 Å². The maximum Gasteiger partial charge on any atom is 0.229 e. The molecule has 0 aromatic heterocycles. The van der Waals surface area contributed by atoms with Gasteiger partial charge in [0.2, 0.25) is 5.91 Å². The Balaban J connectivity index is 2.23. The predicted molar refractivity (Wildman–Crippen MR) is 33.7 cm³/mol. The molecule has 2 nitrogen and oxygen atoms in total. The summed E-state index contributed by atoms with van der Waals surface area (Å²) in [5.41, 5.74) is 0. The van der Waals surface area contributed by atoms with Gasteiger partial charge in [0.25, 0.3) is 0 Å². The average molecular weight is 121 g/mol. The zero-order valence-corrected chi connectivity index (χ0v) is 4.87. The molecule has 0 aromatic carbocycles. The number of rotatable bonds is 0. The first kappa shape index (κ1) is 4.79. The first-order valence-electron chi connectivity index (χ1n) is 3.03. The van der Waals surface area contributed by atoms with Crippen LogP contribution in [0.15, 0.2) is 24.3 Å². The highest BCUT2D eigenvalue weighted by atomic mass is 16.2. The van der Waals surface area contributed by atoms with E-state index in [0.29, 0.717) is 6.04 Å². The Kier molecular flexibility index (Phi) is 0.781. The smallest absolute Gasteiger partial charge is 0.229 e. The minimum Gasteiger partial charge on any atom is -0.348 e. The maximum atomic E-state index is 10.7. The third-order valence-corrected chi connectivity index (χ3v) is 1.75. The molecule has 0 radical (unpaired) electrons. The second kappa shape index (κ2) is 1.47. The molecule has 1 fully saturated rings. The van der Waals surface area contributed by atoms with E-state index in [9.17, 15) is 4.79 Å². The molecule has 1 aliphatic heterocycles. The molecule has 0 aromatic rings. The molecule has 1 aliphatic carbocycles. The minimum absolute atomic E-state index is 0.134. The zero-order valence-electron chi connectivity index (χ0n) is 4.87. The highest BCUT2D eigenvalue weighted by molar-refractivity contribution is 5.88. The molecule has 0 saturated carbocycles. The summed E-state index contributed by atoms with van der Waals surface area (Å²) in [6.07, 6.45) is 7.82. The van der Waals surface area contributed by atoms with Crippen LogP contribution in [-0.2, 0) is 4.79 Å². The fourth-order valence-corrected chi connectivity index (χ4v) is 1.16. The number of fused-ring (bicyclic) bond motifs is 1. The van der Waals surface area contributed by atoms with Gasteiger partial charge in [-0.25, -0.2) is 0 Å². The minimum atomic E-state index is 0.134. The summed E-state index contributed by atoms with van der Waals surface area (Å²) in [6.45, 7) is 0. The summed E-state index contributed by atoms with van der Waals surface area (Å²) in [4.78, 5) is 10.7. The van der Waals surface area contributed by atoms with Gasteiger partial charge in [0, 0.05) is 0 Å². The average Bonchev–Trinajstić information content (AvgIpc) is 1.86. The molecule has 9 heavy (non-hydrogen) atoms. The highest BCUT2D eigenvalue weighted by Crippen LogP contribution is 2.20. The van der Waals surface area contributed by atoms with E-state index in [4.69, 9.17) is 0 Å². The van der Waals surface area contributed by atoms with Crippen LogP contribution < -0.4 is 5.32 Å². The molecule has 0 spiro atoms. The third-order valence-electron chi connectivity index (χ3n) is 1.75. The van der Waals surface area contributed by atoms with E-state index in [-0.39, 0.29) is 11.8 Å². The van der Waals surface area contributed by atoms with Gasteiger partial charge < -0.3 is 5.32 Å². The largest absolute Gasteiger partial charge is 0.348 e. The number of carbonyl (C=O) groups is 1. The lowest BCUT2D eigenvalue weighted by Crippen LogP contribution is -2.56. The van der Waals surface area contributed by atoms with Crippen molar-refractivity contribution in [2.45, 2.75) is 6.04 Å². The first-order chi connectivity index (χ1) is 4.38. The summed E-state index contributed by atoms with van der Waals surface area (Å²) < 4.78 is 0. The van der Waals surface area contributed by atoms with Crippen LogP contribution in [0.2, 0.25) is 0 Å². The van der Waals surface area contributed by atoms with Crippen LogP contribution in [0.5, 0.6) is 0 Å². The highest BCUT2D eigenvalue weighted by Gasteiger charge is 2.35. The summed E-state index contributed by atoms with van der Waals surface area (Å²) >= 11 is 0. The van der Waals surface area contributed by atoms with Crippen molar-refractivity contribution >= 4 is 5.91 Å². The standard InChI is InChI=1S/C7H7NO/c9-7-5-3-1-2-4-6(5)8-7/h1-6H,(H,8,9)/t5-,6-/m0/s1. The van der Waals surface area contributed by atoms with Crippen molar-refractivity contribution < 1.29 is 4.79 Å². The van der Waals surface area contributed by atoms with Crippen molar-refractivity contribution in [1.29, 1.82) is 0 Å². The van der Waals surface area contributed by atoms with Crippen LogP contribution in [0, 0.1) is 5.92 Å². The summed E-state index contributed by atoms with van der Waals surface area (Å²) in [7, 11) is 0. The Bertz CT molecular complexity index is 205. The van der Waals surface area contributed by atoms with E-state index >= 15 is 0 Å². The van der Waals surface area contributed by atoms with E-state index in [0.717, 1.165) is 0 Å². The van der Waals surface area contributed by atoms with Gasteiger partial charge in [-0.15, -0.1) is 0 Å². The fraction of sp³-hybridized carbons (Fsp3) is 0.286. The molecule has 1 amide bonds. The molecule has 2 aliphatic rings. The van der Waals surface area contributed by atoms with Gasteiger partial charge in [0.15, 0.2) is 0 Å². The molecule has 1 heterocycles. The quantitative estimate of drug-likeness (QED) is 0.456. The lowest BCUT2D eigenvalue weighted by atomic mass is 9.87. The molecule has 1 N–H and O–H groups in total. The lowest BCUT2D eigenvalue weighted by molar-refractivity contribution is -0.131. The molecular weight excluding hydrogens is 114 g/mol. The van der Waals surface area contributed by atoms with E-state index in [2.05, 4.69) is 5.32 Å². The molecule has 46 valence electrons. The number of amides is 1. The maximum absolute atomic E-state index is 10.7. The number of β-lactam (4-membered cyclic amide) rings is 1. The van der Waals surface area contributed by atoms with Crippen molar-refractivity contribution in [2.75, 3.05) is 0 Å². The number of hydrogen-bond acceptors (Lipinski definition) is 1. The molecule has 0 unspecified atom stereocenters. The third kappa shape index (κ3) is 0.529.